The lowest BCUT2D eigenvalue weighted by molar-refractivity contribution is -0.141. The van der Waals surface area contributed by atoms with E-state index < -0.39 is 17.5 Å². The molecule has 2 aromatic carbocycles. The fraction of sp³-hybridized carbons (Fsp3) is 0.286. The van der Waals surface area contributed by atoms with Gasteiger partial charge in [0.1, 0.15) is 22.1 Å². The minimum absolute atomic E-state index is 0.166. The van der Waals surface area contributed by atoms with E-state index in [1.165, 1.54) is 22.3 Å². The van der Waals surface area contributed by atoms with E-state index in [9.17, 15) is 28.2 Å². The molecule has 1 amide bonds. The molecule has 8 nitrogen and oxygen atoms in total. The van der Waals surface area contributed by atoms with E-state index in [0.717, 1.165) is 22.7 Å². The number of aryl methyl sites for hydroxylation is 1. The Hall–Kier alpha value is -4.03. The van der Waals surface area contributed by atoms with Gasteiger partial charge in [-0.1, -0.05) is 18.2 Å². The summed E-state index contributed by atoms with van der Waals surface area (Å²) in [6.45, 7) is 1.84. The third-order valence-corrected chi connectivity index (χ3v) is 8.22. The maximum Gasteiger partial charge on any atom is 0.433 e. The topological polar surface area (TPSA) is 125 Å². The van der Waals surface area contributed by atoms with E-state index in [4.69, 9.17) is 5.73 Å². The molecule has 2 heterocycles. The third kappa shape index (κ3) is 5.50. The molecular weight excluding hydrogens is 543 g/mol. The van der Waals surface area contributed by atoms with E-state index in [2.05, 4.69) is 15.0 Å². The standard InChI is InChI=1S/C28H26F3N5O3S/c1-16-12-18(22-15-34-25(40-22)27(39)9-6-17(7-10-27)24(32)38)14-19(13-16)36(20-4-2-3-5-21(20)37)26-33-11-8-23(35-26)28(29,30)31/h2-5,8,11-15,17,37,39H,6-7,9-10H2,1H3,(H2,32,38). The number of carbonyl (C=O) groups is 1. The molecule has 0 atom stereocenters. The highest BCUT2D eigenvalue weighted by atomic mass is 32.1. The van der Waals surface area contributed by atoms with Gasteiger partial charge in [0.2, 0.25) is 11.9 Å². The van der Waals surface area contributed by atoms with Gasteiger partial charge in [0.05, 0.1) is 16.3 Å². The van der Waals surface area contributed by atoms with Gasteiger partial charge in [-0.15, -0.1) is 11.3 Å². The Kier molecular flexibility index (Phi) is 7.23. The molecule has 1 aliphatic rings. The minimum Gasteiger partial charge on any atom is -0.506 e. The van der Waals surface area contributed by atoms with Crippen molar-refractivity contribution in [3.8, 4) is 16.2 Å². The Morgan fingerprint density at radius 2 is 1.85 bits per heavy atom. The van der Waals surface area contributed by atoms with Crippen LogP contribution in [0.2, 0.25) is 0 Å². The van der Waals surface area contributed by atoms with Crippen LogP contribution in [0.3, 0.4) is 0 Å². The molecule has 0 radical (unpaired) electrons. The van der Waals surface area contributed by atoms with Crippen LogP contribution in [0.5, 0.6) is 5.75 Å². The summed E-state index contributed by atoms with van der Waals surface area (Å²) in [4.78, 5) is 26.0. The van der Waals surface area contributed by atoms with Gasteiger partial charge >= 0.3 is 6.18 Å². The average Bonchev–Trinajstić information content (AvgIpc) is 3.41. The Balaban J connectivity index is 1.55. The summed E-state index contributed by atoms with van der Waals surface area (Å²) >= 11 is 1.31. The number of rotatable bonds is 6. The number of nitrogens with two attached hydrogens (primary N) is 1. The third-order valence-electron chi connectivity index (χ3n) is 6.98. The van der Waals surface area contributed by atoms with Gasteiger partial charge in [-0.3, -0.25) is 9.69 Å². The molecule has 5 rings (SSSR count). The van der Waals surface area contributed by atoms with Crippen LogP contribution in [0.25, 0.3) is 10.4 Å². The molecule has 4 N–H and O–H groups in total. The van der Waals surface area contributed by atoms with Crippen LogP contribution in [0, 0.1) is 12.8 Å². The number of halogens is 3. The van der Waals surface area contributed by atoms with E-state index in [1.807, 2.05) is 13.0 Å². The molecule has 208 valence electrons. The lowest BCUT2D eigenvalue weighted by Gasteiger charge is -2.33. The highest BCUT2D eigenvalue weighted by Crippen LogP contribution is 2.44. The van der Waals surface area contributed by atoms with Gasteiger partial charge in [0, 0.05) is 18.3 Å². The fourth-order valence-corrected chi connectivity index (χ4v) is 5.93. The van der Waals surface area contributed by atoms with E-state index >= 15 is 0 Å². The summed E-state index contributed by atoms with van der Waals surface area (Å²) in [5.74, 6) is -1.07. The average molecular weight is 570 g/mol. The first-order chi connectivity index (χ1) is 18.9. The highest BCUT2D eigenvalue weighted by molar-refractivity contribution is 7.15. The quantitative estimate of drug-likeness (QED) is 0.261. The smallest absolute Gasteiger partial charge is 0.433 e. The molecule has 0 aliphatic heterocycles. The predicted octanol–water partition coefficient (Wildman–Crippen LogP) is 5.97. The predicted molar refractivity (Wildman–Crippen MR) is 144 cm³/mol. The number of alkyl halides is 3. The number of phenols is 1. The molecule has 0 saturated heterocycles. The van der Waals surface area contributed by atoms with Gasteiger partial charge in [-0.2, -0.15) is 13.2 Å². The summed E-state index contributed by atoms with van der Waals surface area (Å²) in [5.41, 5.74) is 5.26. The van der Waals surface area contributed by atoms with Gasteiger partial charge < -0.3 is 15.9 Å². The van der Waals surface area contributed by atoms with E-state index in [0.29, 0.717) is 41.9 Å². The molecule has 2 aromatic heterocycles. The minimum atomic E-state index is -4.68. The second-order valence-corrected chi connectivity index (χ2v) is 10.9. The molecule has 0 bridgehead atoms. The van der Waals surface area contributed by atoms with Crippen LogP contribution in [0.1, 0.15) is 41.9 Å². The maximum absolute atomic E-state index is 13.5. The van der Waals surface area contributed by atoms with Crippen LogP contribution in [0.4, 0.5) is 30.5 Å². The highest BCUT2D eigenvalue weighted by Gasteiger charge is 2.39. The van der Waals surface area contributed by atoms with Crippen molar-refractivity contribution in [2.75, 3.05) is 4.90 Å². The molecule has 0 unspecified atom stereocenters. The van der Waals surface area contributed by atoms with Crippen molar-refractivity contribution in [1.29, 1.82) is 0 Å². The number of para-hydroxylation sites is 2. The Labute approximate surface area is 232 Å². The molecule has 1 saturated carbocycles. The first-order valence-corrected chi connectivity index (χ1v) is 13.3. The number of hydrogen-bond acceptors (Lipinski definition) is 8. The molecule has 4 aromatic rings. The van der Waals surface area contributed by atoms with Crippen molar-refractivity contribution in [3.63, 3.8) is 0 Å². The number of aromatic nitrogens is 3. The second-order valence-electron chi connectivity index (χ2n) is 9.86. The maximum atomic E-state index is 13.5. The normalized spacial score (nSPS) is 19.4. The zero-order chi connectivity index (χ0) is 28.7. The number of carbonyl (C=O) groups excluding carboxylic acids is 1. The molecule has 12 heteroatoms. The van der Waals surface area contributed by atoms with Crippen molar-refractivity contribution in [2.24, 2.45) is 11.7 Å². The molecule has 1 fully saturated rings. The second kappa shape index (κ2) is 10.5. The van der Waals surface area contributed by atoms with Crippen molar-refractivity contribution in [3.05, 3.63) is 77.2 Å². The van der Waals surface area contributed by atoms with Crippen LogP contribution < -0.4 is 10.6 Å². The van der Waals surface area contributed by atoms with Crippen LogP contribution in [-0.4, -0.2) is 31.1 Å². The number of aliphatic hydroxyl groups is 1. The first kappa shape index (κ1) is 27.5. The number of benzene rings is 2. The van der Waals surface area contributed by atoms with Crippen LogP contribution >= 0.6 is 11.3 Å². The first-order valence-electron chi connectivity index (χ1n) is 12.5. The van der Waals surface area contributed by atoms with E-state index in [-0.39, 0.29) is 29.2 Å². The summed E-state index contributed by atoms with van der Waals surface area (Å²) in [6.07, 6.45) is -0.347. The number of thiazole rings is 1. The van der Waals surface area contributed by atoms with Crippen molar-refractivity contribution in [1.82, 2.24) is 15.0 Å². The molecular formula is C28H26F3N5O3S. The van der Waals surface area contributed by atoms with Crippen LogP contribution in [0.15, 0.2) is 60.9 Å². The van der Waals surface area contributed by atoms with Crippen LogP contribution in [-0.2, 0) is 16.6 Å². The summed E-state index contributed by atoms with van der Waals surface area (Å²) in [7, 11) is 0. The lowest BCUT2D eigenvalue weighted by Crippen LogP contribution is -2.35. The van der Waals surface area contributed by atoms with E-state index in [1.54, 1.807) is 36.5 Å². The van der Waals surface area contributed by atoms with Gasteiger partial charge in [-0.25, -0.2) is 15.0 Å². The van der Waals surface area contributed by atoms with Gasteiger partial charge in [0.25, 0.3) is 0 Å². The SMILES string of the molecule is Cc1cc(-c2cnc(C3(O)CCC(C(N)=O)CC3)s2)cc(N(c2nccc(C(F)(F)F)n2)c2ccccc2O)c1. The van der Waals surface area contributed by atoms with Crippen molar-refractivity contribution >= 4 is 34.6 Å². The monoisotopic (exact) mass is 569 g/mol. The zero-order valence-corrected chi connectivity index (χ0v) is 22.2. The Bertz CT molecular complexity index is 1550. The van der Waals surface area contributed by atoms with Gasteiger partial charge in [0.15, 0.2) is 0 Å². The lowest BCUT2D eigenvalue weighted by atomic mass is 9.79. The number of nitrogens with zero attached hydrogens (tertiary/aromatic N) is 4. The number of primary amides is 1. The Morgan fingerprint density at radius 3 is 2.52 bits per heavy atom. The Morgan fingerprint density at radius 1 is 1.12 bits per heavy atom. The zero-order valence-electron chi connectivity index (χ0n) is 21.4. The fourth-order valence-electron chi connectivity index (χ4n) is 4.88. The molecule has 0 spiro atoms. The largest absolute Gasteiger partial charge is 0.506 e. The summed E-state index contributed by atoms with van der Waals surface area (Å²) < 4.78 is 40.5. The summed E-state index contributed by atoms with van der Waals surface area (Å²) in [6, 6.07) is 12.4. The summed E-state index contributed by atoms with van der Waals surface area (Å²) in [5, 5.41) is 22.4. The van der Waals surface area contributed by atoms with Crippen molar-refractivity contribution < 1.29 is 28.2 Å². The number of hydrogen-bond donors (Lipinski definition) is 3. The van der Waals surface area contributed by atoms with Gasteiger partial charge in [-0.05, 0) is 74.1 Å². The number of anilines is 3. The molecule has 1 aliphatic carbocycles. The number of phenolic OH excluding ortho intramolecular Hbond substituents is 1. The molecule has 40 heavy (non-hydrogen) atoms. The number of amides is 1. The number of aromatic hydroxyl groups is 1. The van der Waals surface area contributed by atoms with Crippen molar-refractivity contribution in [2.45, 2.75) is 44.4 Å².